The predicted octanol–water partition coefficient (Wildman–Crippen LogP) is 4.88. The van der Waals surface area contributed by atoms with Gasteiger partial charge in [-0.3, -0.25) is 0 Å². The van der Waals surface area contributed by atoms with Crippen molar-refractivity contribution in [2.24, 2.45) is 0 Å². The maximum Gasteiger partial charge on any atom is 0.0922 e. The van der Waals surface area contributed by atoms with E-state index in [4.69, 9.17) is 0 Å². The van der Waals surface area contributed by atoms with Crippen LogP contribution in [0.4, 0.5) is 0 Å². The first-order chi connectivity index (χ1) is 9.40. The lowest BCUT2D eigenvalue weighted by molar-refractivity contribution is 0.182. The molecule has 0 aliphatic carbocycles. The van der Waals surface area contributed by atoms with E-state index < -0.39 is 6.10 Å². The number of rotatable bonds is 4. The van der Waals surface area contributed by atoms with Crippen molar-refractivity contribution in [3.05, 3.63) is 57.3 Å². The molecule has 2 aromatic rings. The largest absolute Gasteiger partial charge is 0.387 e. The van der Waals surface area contributed by atoms with Crippen LogP contribution in [0.15, 0.2) is 36.4 Å². The fourth-order valence-electron chi connectivity index (χ4n) is 2.17. The van der Waals surface area contributed by atoms with Crippen molar-refractivity contribution in [2.45, 2.75) is 52.1 Å². The van der Waals surface area contributed by atoms with Gasteiger partial charge in [0.05, 0.1) is 6.10 Å². The van der Waals surface area contributed by atoms with E-state index in [-0.39, 0.29) is 5.41 Å². The minimum atomic E-state index is -0.399. The molecule has 108 valence electrons. The van der Waals surface area contributed by atoms with Crippen molar-refractivity contribution in [1.29, 1.82) is 0 Å². The molecule has 20 heavy (non-hydrogen) atoms. The summed E-state index contributed by atoms with van der Waals surface area (Å²) in [5.41, 5.74) is 2.69. The average Bonchev–Trinajstić information content (AvgIpc) is 2.89. The Morgan fingerprint density at radius 3 is 2.10 bits per heavy atom. The average molecular weight is 288 g/mol. The Balaban J connectivity index is 2.07. The third kappa shape index (κ3) is 3.71. The summed E-state index contributed by atoms with van der Waals surface area (Å²) < 4.78 is 0. The van der Waals surface area contributed by atoms with Crippen LogP contribution in [-0.2, 0) is 18.3 Å². The summed E-state index contributed by atoms with van der Waals surface area (Å²) in [5, 5.41) is 10.4. The van der Waals surface area contributed by atoms with Crippen molar-refractivity contribution in [1.82, 2.24) is 0 Å². The van der Waals surface area contributed by atoms with Gasteiger partial charge in [-0.1, -0.05) is 52.0 Å². The molecule has 0 amide bonds. The predicted molar refractivity (Wildman–Crippen MR) is 87.5 cm³/mol. The number of benzene rings is 1. The highest BCUT2D eigenvalue weighted by Gasteiger charge is 2.18. The van der Waals surface area contributed by atoms with Crippen LogP contribution in [0.3, 0.4) is 0 Å². The van der Waals surface area contributed by atoms with Gasteiger partial charge < -0.3 is 5.11 Å². The zero-order chi connectivity index (χ0) is 14.8. The monoisotopic (exact) mass is 288 g/mol. The highest BCUT2D eigenvalue weighted by Crippen LogP contribution is 2.33. The van der Waals surface area contributed by atoms with Gasteiger partial charge in [0.2, 0.25) is 0 Å². The summed E-state index contributed by atoms with van der Waals surface area (Å²) >= 11 is 1.72. The van der Waals surface area contributed by atoms with Gasteiger partial charge in [0, 0.05) is 16.2 Å². The van der Waals surface area contributed by atoms with Crippen molar-refractivity contribution >= 4 is 11.3 Å². The van der Waals surface area contributed by atoms with Gasteiger partial charge in [0.25, 0.3) is 0 Å². The molecule has 1 heterocycles. The van der Waals surface area contributed by atoms with E-state index >= 15 is 0 Å². The first-order valence-electron chi connectivity index (χ1n) is 7.26. The zero-order valence-electron chi connectivity index (χ0n) is 12.8. The van der Waals surface area contributed by atoms with Crippen LogP contribution in [0.1, 0.15) is 54.7 Å². The Hall–Kier alpha value is -1.12. The smallest absolute Gasteiger partial charge is 0.0922 e. The van der Waals surface area contributed by atoms with Crippen LogP contribution in [0.2, 0.25) is 0 Å². The quantitative estimate of drug-likeness (QED) is 0.849. The molecule has 0 radical (unpaired) electrons. The second-order valence-corrected chi connectivity index (χ2v) is 7.46. The van der Waals surface area contributed by atoms with E-state index in [9.17, 15) is 5.11 Å². The molecule has 1 N–H and O–H groups in total. The van der Waals surface area contributed by atoms with Crippen LogP contribution in [0.5, 0.6) is 0 Å². The maximum absolute atomic E-state index is 10.4. The molecule has 0 fully saturated rings. The molecule has 0 spiro atoms. The number of thiophene rings is 1. The summed E-state index contributed by atoms with van der Waals surface area (Å²) in [6.45, 7) is 8.78. The third-order valence-electron chi connectivity index (χ3n) is 3.55. The molecular formula is C18H24OS. The van der Waals surface area contributed by atoms with E-state index in [0.717, 1.165) is 11.3 Å². The molecule has 0 saturated carbocycles. The van der Waals surface area contributed by atoms with E-state index in [1.807, 2.05) is 0 Å². The molecule has 2 rings (SSSR count). The molecule has 1 aromatic heterocycles. The SMILES string of the molecule is CCc1ccc(CC(O)c2ccc(C(C)(C)C)s2)cc1. The molecular weight excluding hydrogens is 264 g/mol. The van der Waals surface area contributed by atoms with Gasteiger partial charge in [0.1, 0.15) is 0 Å². The zero-order valence-corrected chi connectivity index (χ0v) is 13.6. The highest BCUT2D eigenvalue weighted by molar-refractivity contribution is 7.12. The van der Waals surface area contributed by atoms with E-state index in [1.165, 1.54) is 16.0 Å². The lowest BCUT2D eigenvalue weighted by atomic mass is 9.95. The second-order valence-electron chi connectivity index (χ2n) is 6.34. The van der Waals surface area contributed by atoms with Gasteiger partial charge in [-0.25, -0.2) is 0 Å². The Kier molecular flexibility index (Phi) is 4.66. The third-order valence-corrected chi connectivity index (χ3v) is 5.17. The van der Waals surface area contributed by atoms with Gasteiger partial charge in [-0.2, -0.15) is 0 Å². The molecule has 1 aromatic carbocycles. The minimum absolute atomic E-state index is 0.158. The summed E-state index contributed by atoms with van der Waals surface area (Å²) in [5.74, 6) is 0. The molecule has 0 saturated heterocycles. The van der Waals surface area contributed by atoms with Crippen molar-refractivity contribution in [3.63, 3.8) is 0 Å². The van der Waals surface area contributed by atoms with Crippen LogP contribution >= 0.6 is 11.3 Å². The number of hydrogen-bond donors (Lipinski definition) is 1. The van der Waals surface area contributed by atoms with E-state index in [2.05, 4.69) is 64.1 Å². The Labute approximate surface area is 126 Å². The van der Waals surface area contributed by atoms with Crippen LogP contribution in [0, 0.1) is 0 Å². The Bertz CT molecular complexity index is 546. The minimum Gasteiger partial charge on any atom is -0.387 e. The standard InChI is InChI=1S/C18H24OS/c1-5-13-6-8-14(9-7-13)12-15(19)16-10-11-17(20-16)18(2,3)4/h6-11,15,19H,5,12H2,1-4H3. The lowest BCUT2D eigenvalue weighted by Gasteiger charge is -2.15. The lowest BCUT2D eigenvalue weighted by Crippen LogP contribution is -2.07. The molecule has 1 nitrogen and oxygen atoms in total. The van der Waals surface area contributed by atoms with Crippen molar-refractivity contribution in [2.75, 3.05) is 0 Å². The van der Waals surface area contributed by atoms with Crippen molar-refractivity contribution < 1.29 is 5.11 Å². The van der Waals surface area contributed by atoms with Crippen molar-refractivity contribution in [3.8, 4) is 0 Å². The molecule has 0 aliphatic heterocycles. The van der Waals surface area contributed by atoms with Gasteiger partial charge in [0.15, 0.2) is 0 Å². The molecule has 1 atom stereocenters. The van der Waals surface area contributed by atoms with Crippen LogP contribution in [0.25, 0.3) is 0 Å². The van der Waals surface area contributed by atoms with E-state index in [0.29, 0.717) is 6.42 Å². The molecule has 1 unspecified atom stereocenters. The number of aliphatic hydroxyl groups is 1. The summed E-state index contributed by atoms with van der Waals surface area (Å²) in [7, 11) is 0. The number of aliphatic hydroxyl groups excluding tert-OH is 1. The van der Waals surface area contributed by atoms with E-state index in [1.54, 1.807) is 11.3 Å². The Morgan fingerprint density at radius 1 is 1.00 bits per heavy atom. The van der Waals surface area contributed by atoms with Gasteiger partial charge >= 0.3 is 0 Å². The summed E-state index contributed by atoms with van der Waals surface area (Å²) in [4.78, 5) is 2.39. The molecule has 2 heteroatoms. The first kappa shape index (κ1) is 15.3. The van der Waals surface area contributed by atoms with Crippen LogP contribution < -0.4 is 0 Å². The Morgan fingerprint density at radius 2 is 1.60 bits per heavy atom. The molecule has 0 aliphatic rings. The second kappa shape index (κ2) is 6.11. The van der Waals surface area contributed by atoms with Gasteiger partial charge in [-0.05, 0) is 35.1 Å². The normalized spacial score (nSPS) is 13.4. The fourth-order valence-corrected chi connectivity index (χ4v) is 3.22. The summed E-state index contributed by atoms with van der Waals surface area (Å²) in [6.07, 6.45) is 1.35. The molecule has 0 bridgehead atoms. The first-order valence-corrected chi connectivity index (χ1v) is 8.08. The number of hydrogen-bond acceptors (Lipinski definition) is 2. The maximum atomic E-state index is 10.4. The topological polar surface area (TPSA) is 20.2 Å². The summed E-state index contributed by atoms with van der Waals surface area (Å²) in [6, 6.07) is 12.8. The van der Waals surface area contributed by atoms with Gasteiger partial charge in [-0.15, -0.1) is 11.3 Å². The van der Waals surface area contributed by atoms with Crippen LogP contribution in [-0.4, -0.2) is 5.11 Å². The number of aryl methyl sites for hydroxylation is 1. The highest BCUT2D eigenvalue weighted by atomic mass is 32.1. The fraction of sp³-hybridized carbons (Fsp3) is 0.444.